The Morgan fingerprint density at radius 3 is 2.75 bits per heavy atom. The van der Waals surface area contributed by atoms with Crippen LogP contribution in [0, 0.1) is 28.6 Å². The number of hydrogen-bond donors (Lipinski definition) is 1. The van der Waals surface area contributed by atoms with Crippen LogP contribution in [0.15, 0.2) is 0 Å². The molecule has 4 unspecified atom stereocenters. The second-order valence-electron chi connectivity index (χ2n) is 5.74. The molecular formula is C14H23NO. The normalized spacial score (nSPS) is 38.6. The number of unbranched alkanes of at least 4 members (excludes halogenated alkanes) is 2. The quantitative estimate of drug-likeness (QED) is 0.724. The predicted octanol–water partition coefficient (Wildman–Crippen LogP) is 3.26. The third kappa shape index (κ3) is 1.86. The standard InChI is InChI=1S/C14H23NO/c1-2-3-4-5-13(16)14(10-15)9-11-6-7-12(14)8-11/h11-13,16H,2-9H2,1H3. The molecule has 2 aliphatic rings. The van der Waals surface area contributed by atoms with Gasteiger partial charge in [-0.3, -0.25) is 0 Å². The first-order valence-corrected chi connectivity index (χ1v) is 6.82. The van der Waals surface area contributed by atoms with Gasteiger partial charge < -0.3 is 5.11 Å². The molecule has 2 fully saturated rings. The van der Waals surface area contributed by atoms with Crippen molar-refractivity contribution >= 4 is 0 Å². The molecule has 0 spiro atoms. The molecule has 0 radical (unpaired) electrons. The maximum absolute atomic E-state index is 10.3. The smallest absolute Gasteiger partial charge is 0.0862 e. The number of hydrogen-bond acceptors (Lipinski definition) is 2. The van der Waals surface area contributed by atoms with Gasteiger partial charge in [-0.2, -0.15) is 5.26 Å². The van der Waals surface area contributed by atoms with Crippen LogP contribution in [0.1, 0.15) is 58.3 Å². The Morgan fingerprint density at radius 1 is 1.44 bits per heavy atom. The van der Waals surface area contributed by atoms with Gasteiger partial charge in [0.05, 0.1) is 17.6 Å². The molecule has 2 bridgehead atoms. The molecule has 0 aromatic rings. The lowest BCUT2D eigenvalue weighted by molar-refractivity contribution is 0.0171. The van der Waals surface area contributed by atoms with Gasteiger partial charge >= 0.3 is 0 Å². The summed E-state index contributed by atoms with van der Waals surface area (Å²) in [6.45, 7) is 2.17. The maximum atomic E-state index is 10.3. The molecule has 2 saturated carbocycles. The number of rotatable bonds is 5. The van der Waals surface area contributed by atoms with Crippen molar-refractivity contribution in [1.82, 2.24) is 0 Å². The van der Waals surface area contributed by atoms with Crippen LogP contribution in [0.25, 0.3) is 0 Å². The number of aliphatic hydroxyl groups excluding tert-OH is 1. The molecule has 0 aliphatic heterocycles. The van der Waals surface area contributed by atoms with Gasteiger partial charge in [0.1, 0.15) is 0 Å². The van der Waals surface area contributed by atoms with E-state index in [1.165, 1.54) is 32.1 Å². The zero-order valence-corrected chi connectivity index (χ0v) is 10.3. The molecule has 0 aromatic heterocycles. The van der Waals surface area contributed by atoms with Crippen molar-refractivity contribution in [3.8, 4) is 6.07 Å². The second-order valence-corrected chi connectivity index (χ2v) is 5.74. The van der Waals surface area contributed by atoms with Crippen molar-refractivity contribution < 1.29 is 5.11 Å². The minimum atomic E-state index is -0.378. The summed E-state index contributed by atoms with van der Waals surface area (Å²) in [6.07, 6.45) is 8.48. The fourth-order valence-electron chi connectivity index (χ4n) is 3.84. The fraction of sp³-hybridized carbons (Fsp3) is 0.929. The van der Waals surface area contributed by atoms with E-state index in [1.54, 1.807) is 0 Å². The average molecular weight is 221 g/mol. The van der Waals surface area contributed by atoms with Crippen molar-refractivity contribution in [3.05, 3.63) is 0 Å². The van der Waals surface area contributed by atoms with Gasteiger partial charge in [0.2, 0.25) is 0 Å². The summed E-state index contributed by atoms with van der Waals surface area (Å²) in [5, 5.41) is 19.8. The highest BCUT2D eigenvalue weighted by molar-refractivity contribution is 5.14. The highest BCUT2D eigenvalue weighted by atomic mass is 16.3. The highest BCUT2D eigenvalue weighted by Gasteiger charge is 2.54. The molecule has 0 heterocycles. The third-order valence-electron chi connectivity index (χ3n) is 4.78. The van der Waals surface area contributed by atoms with Gasteiger partial charge in [0.15, 0.2) is 0 Å². The first-order valence-electron chi connectivity index (χ1n) is 6.82. The van der Waals surface area contributed by atoms with Gasteiger partial charge in [-0.25, -0.2) is 0 Å². The zero-order valence-electron chi connectivity index (χ0n) is 10.3. The lowest BCUT2D eigenvalue weighted by Gasteiger charge is -2.35. The first kappa shape index (κ1) is 11.9. The molecule has 0 aromatic carbocycles. The van der Waals surface area contributed by atoms with E-state index in [1.807, 2.05) is 0 Å². The van der Waals surface area contributed by atoms with Gasteiger partial charge in [-0.1, -0.05) is 32.6 Å². The average Bonchev–Trinajstić information content (AvgIpc) is 2.89. The monoisotopic (exact) mass is 221 g/mol. The summed E-state index contributed by atoms with van der Waals surface area (Å²) >= 11 is 0. The van der Waals surface area contributed by atoms with Crippen LogP contribution in [-0.4, -0.2) is 11.2 Å². The van der Waals surface area contributed by atoms with Crippen molar-refractivity contribution in [2.24, 2.45) is 17.3 Å². The molecule has 1 N–H and O–H groups in total. The summed E-state index contributed by atoms with van der Waals surface area (Å²) in [4.78, 5) is 0. The van der Waals surface area contributed by atoms with E-state index in [4.69, 9.17) is 0 Å². The van der Waals surface area contributed by atoms with Crippen molar-refractivity contribution in [1.29, 1.82) is 5.26 Å². The third-order valence-corrected chi connectivity index (χ3v) is 4.78. The van der Waals surface area contributed by atoms with E-state index in [2.05, 4.69) is 13.0 Å². The van der Waals surface area contributed by atoms with Crippen LogP contribution >= 0.6 is 0 Å². The number of fused-ring (bicyclic) bond motifs is 2. The highest BCUT2D eigenvalue weighted by Crippen LogP contribution is 2.57. The Labute approximate surface area is 98.7 Å². The lowest BCUT2D eigenvalue weighted by atomic mass is 9.69. The van der Waals surface area contributed by atoms with Crippen LogP contribution in [-0.2, 0) is 0 Å². The zero-order chi connectivity index (χ0) is 11.6. The van der Waals surface area contributed by atoms with E-state index < -0.39 is 0 Å². The number of nitrogens with zero attached hydrogens (tertiary/aromatic N) is 1. The largest absolute Gasteiger partial charge is 0.391 e. The molecule has 2 nitrogen and oxygen atoms in total. The minimum absolute atomic E-state index is 0.376. The fourth-order valence-corrected chi connectivity index (χ4v) is 3.84. The molecule has 0 amide bonds. The van der Waals surface area contributed by atoms with Gasteiger partial charge in [0, 0.05) is 0 Å². The number of nitriles is 1. The van der Waals surface area contributed by atoms with Crippen LogP contribution < -0.4 is 0 Å². The Kier molecular flexibility index (Phi) is 3.54. The van der Waals surface area contributed by atoms with E-state index in [0.717, 1.165) is 25.2 Å². The van der Waals surface area contributed by atoms with E-state index in [9.17, 15) is 10.4 Å². The maximum Gasteiger partial charge on any atom is 0.0862 e. The summed E-state index contributed by atoms with van der Waals surface area (Å²) in [7, 11) is 0. The second kappa shape index (κ2) is 4.75. The summed E-state index contributed by atoms with van der Waals surface area (Å²) in [5.74, 6) is 1.21. The molecule has 2 aliphatic carbocycles. The summed E-state index contributed by atoms with van der Waals surface area (Å²) in [5.41, 5.74) is -0.378. The molecular weight excluding hydrogens is 198 g/mol. The first-order chi connectivity index (χ1) is 7.73. The van der Waals surface area contributed by atoms with Gasteiger partial charge in [-0.05, 0) is 37.5 Å². The molecule has 0 saturated heterocycles. The van der Waals surface area contributed by atoms with Gasteiger partial charge in [0.25, 0.3) is 0 Å². The SMILES string of the molecule is CCCCCC(O)C1(C#N)CC2CCC1C2. The Bertz CT molecular complexity index is 283. The Hall–Kier alpha value is -0.550. The lowest BCUT2D eigenvalue weighted by Crippen LogP contribution is -2.38. The van der Waals surface area contributed by atoms with Crippen LogP contribution in [0.5, 0.6) is 0 Å². The molecule has 90 valence electrons. The molecule has 2 rings (SSSR count). The van der Waals surface area contributed by atoms with E-state index >= 15 is 0 Å². The topological polar surface area (TPSA) is 44.0 Å². The van der Waals surface area contributed by atoms with Crippen molar-refractivity contribution in [3.63, 3.8) is 0 Å². The van der Waals surface area contributed by atoms with Crippen LogP contribution in [0.3, 0.4) is 0 Å². The van der Waals surface area contributed by atoms with Crippen LogP contribution in [0.2, 0.25) is 0 Å². The van der Waals surface area contributed by atoms with E-state index in [-0.39, 0.29) is 11.5 Å². The van der Waals surface area contributed by atoms with Crippen molar-refractivity contribution in [2.75, 3.05) is 0 Å². The summed E-state index contributed by atoms with van der Waals surface area (Å²) < 4.78 is 0. The number of aliphatic hydroxyl groups is 1. The molecule has 4 atom stereocenters. The summed E-state index contributed by atoms with van der Waals surface area (Å²) in [6, 6.07) is 2.49. The Morgan fingerprint density at radius 2 is 2.25 bits per heavy atom. The van der Waals surface area contributed by atoms with Gasteiger partial charge in [-0.15, -0.1) is 0 Å². The minimum Gasteiger partial charge on any atom is -0.391 e. The van der Waals surface area contributed by atoms with Crippen molar-refractivity contribution in [2.45, 2.75) is 64.4 Å². The van der Waals surface area contributed by atoms with Crippen LogP contribution in [0.4, 0.5) is 0 Å². The predicted molar refractivity (Wildman–Crippen MR) is 63.6 cm³/mol. The molecule has 16 heavy (non-hydrogen) atoms. The molecule has 2 heteroatoms. The van der Waals surface area contributed by atoms with E-state index in [0.29, 0.717) is 5.92 Å². The Balaban J connectivity index is 1.97.